The fourth-order valence-corrected chi connectivity index (χ4v) is 7.65. The van der Waals surface area contributed by atoms with Gasteiger partial charge in [-0.05, 0) is 50.1 Å². The highest BCUT2D eigenvalue weighted by molar-refractivity contribution is 7.89. The van der Waals surface area contributed by atoms with Crippen LogP contribution in [-0.4, -0.2) is 60.0 Å². The zero-order valence-corrected chi connectivity index (χ0v) is 24.2. The third kappa shape index (κ3) is 4.61. The maximum atomic E-state index is 14.2. The van der Waals surface area contributed by atoms with E-state index in [1.54, 1.807) is 30.3 Å². The predicted molar refractivity (Wildman–Crippen MR) is 148 cm³/mol. The number of amides is 1. The van der Waals surface area contributed by atoms with Crippen molar-refractivity contribution in [1.82, 2.24) is 14.5 Å². The van der Waals surface area contributed by atoms with Gasteiger partial charge in [-0.1, -0.05) is 41.9 Å². The number of nitrogens with zero attached hydrogens (tertiary/aromatic N) is 3. The van der Waals surface area contributed by atoms with E-state index in [1.807, 2.05) is 13.8 Å². The molecule has 2 heterocycles. The molecule has 2 atom stereocenters. The predicted octanol–water partition coefficient (Wildman–Crippen LogP) is 4.98. The van der Waals surface area contributed by atoms with Gasteiger partial charge < -0.3 is 10.2 Å². The van der Waals surface area contributed by atoms with Gasteiger partial charge in [0.2, 0.25) is 5.91 Å². The molecule has 0 radical (unpaired) electrons. The Bertz CT molecular complexity index is 1570. The van der Waals surface area contributed by atoms with Gasteiger partial charge in [0.05, 0.1) is 27.4 Å². The van der Waals surface area contributed by atoms with Crippen LogP contribution in [0.4, 0.5) is 13.2 Å². The average molecular weight is 607 g/mol. The number of hydrogen-bond donors (Lipinski definition) is 1. The molecule has 2 aliphatic heterocycles. The van der Waals surface area contributed by atoms with E-state index < -0.39 is 38.8 Å². The molecule has 2 fully saturated rings. The van der Waals surface area contributed by atoms with Gasteiger partial charge in [-0.3, -0.25) is 14.1 Å². The fourth-order valence-electron chi connectivity index (χ4n) is 6.01. The summed E-state index contributed by atoms with van der Waals surface area (Å²) < 4.78 is 70.8. The summed E-state index contributed by atoms with van der Waals surface area (Å²) in [6, 6.07) is 11.5. The SMILES string of the molecule is CC1(C)N=C(C2C=C(N(Cc3ccc(Cl)c(F)c3)S(=O)(=O)c3ccccc3)C2)N[C@H]1C(=O)N1CC2(CCC2(F)F)C1. The monoisotopic (exact) mass is 606 g/mol. The lowest BCUT2D eigenvalue weighted by Crippen LogP contribution is -2.73. The molecule has 1 spiro atoms. The molecule has 1 unspecified atom stereocenters. The first-order chi connectivity index (χ1) is 19.2. The molecule has 2 aliphatic carbocycles. The van der Waals surface area contributed by atoms with Crippen molar-refractivity contribution < 1.29 is 26.4 Å². The molecule has 7 nitrogen and oxygen atoms in total. The van der Waals surface area contributed by atoms with Gasteiger partial charge in [0.1, 0.15) is 17.7 Å². The van der Waals surface area contributed by atoms with Gasteiger partial charge in [-0.15, -0.1) is 0 Å². The van der Waals surface area contributed by atoms with Crippen LogP contribution in [0.5, 0.6) is 0 Å². The summed E-state index contributed by atoms with van der Waals surface area (Å²) in [7, 11) is -3.97. The lowest BCUT2D eigenvalue weighted by molar-refractivity contribution is -0.255. The number of amidine groups is 1. The van der Waals surface area contributed by atoms with Gasteiger partial charge >= 0.3 is 0 Å². The summed E-state index contributed by atoms with van der Waals surface area (Å²) in [6.07, 6.45) is 2.39. The van der Waals surface area contributed by atoms with E-state index >= 15 is 0 Å². The lowest BCUT2D eigenvalue weighted by atomic mass is 9.60. The van der Waals surface area contributed by atoms with E-state index in [9.17, 15) is 26.4 Å². The normalized spacial score (nSPS) is 25.3. The number of allylic oxidation sites excluding steroid dienone is 1. The van der Waals surface area contributed by atoms with Crippen molar-refractivity contribution in [3.05, 3.63) is 76.7 Å². The smallest absolute Gasteiger partial charge is 0.264 e. The summed E-state index contributed by atoms with van der Waals surface area (Å²) in [5, 5.41) is 3.15. The standard InChI is InChI=1S/C29H30ClF3N4O3S/c1-27(2)24(26(38)36-16-28(17-36)10-11-29(28,32)33)34-25(35-27)19-13-20(14-19)37(15-18-8-9-22(30)23(31)12-18)41(39,40)21-6-4-3-5-7-21/h3-9,12-13,19,24H,10-11,14-17H2,1-2H3,(H,34,35)/t19?,24-/m0/s1. The Labute approximate surface area is 242 Å². The molecule has 0 bridgehead atoms. The van der Waals surface area contributed by atoms with Gasteiger partial charge in [-0.25, -0.2) is 21.6 Å². The highest BCUT2D eigenvalue weighted by Gasteiger charge is 2.68. The van der Waals surface area contributed by atoms with Crippen molar-refractivity contribution in [2.24, 2.45) is 16.3 Å². The number of carbonyl (C=O) groups excluding carboxylic acids is 1. The minimum atomic E-state index is -3.97. The fraction of sp³-hybridized carbons (Fsp3) is 0.448. The van der Waals surface area contributed by atoms with Crippen LogP contribution in [0.1, 0.15) is 38.7 Å². The van der Waals surface area contributed by atoms with Gasteiger partial charge in [-0.2, -0.15) is 0 Å². The molecule has 0 aromatic heterocycles. The van der Waals surface area contributed by atoms with Gasteiger partial charge in [0.25, 0.3) is 15.9 Å². The van der Waals surface area contributed by atoms with Crippen LogP contribution in [0, 0.1) is 17.2 Å². The van der Waals surface area contributed by atoms with Gasteiger partial charge in [0.15, 0.2) is 0 Å². The van der Waals surface area contributed by atoms with Gasteiger partial charge in [0, 0.05) is 37.5 Å². The Kier molecular flexibility index (Phi) is 6.50. The number of sulfonamides is 1. The van der Waals surface area contributed by atoms with Crippen LogP contribution in [0.25, 0.3) is 0 Å². The van der Waals surface area contributed by atoms with Crippen LogP contribution in [0.3, 0.4) is 0 Å². The zero-order chi connectivity index (χ0) is 29.4. The molecule has 4 aliphatic rings. The van der Waals surface area contributed by atoms with Crippen molar-refractivity contribution in [3.8, 4) is 0 Å². The lowest BCUT2D eigenvalue weighted by Gasteiger charge is -2.60. The van der Waals surface area contributed by atoms with E-state index in [1.165, 1.54) is 33.5 Å². The number of nitrogens with one attached hydrogen (secondary N) is 1. The van der Waals surface area contributed by atoms with Crippen molar-refractivity contribution in [3.63, 3.8) is 0 Å². The zero-order valence-electron chi connectivity index (χ0n) is 22.6. The quantitative estimate of drug-likeness (QED) is 0.482. The third-order valence-electron chi connectivity index (χ3n) is 8.78. The van der Waals surface area contributed by atoms with E-state index in [4.69, 9.17) is 16.6 Å². The minimum Gasteiger partial charge on any atom is -0.360 e. The van der Waals surface area contributed by atoms with E-state index in [0.717, 1.165) is 0 Å². The van der Waals surface area contributed by atoms with Crippen molar-refractivity contribution in [2.45, 2.75) is 62.1 Å². The van der Waals surface area contributed by atoms with Crippen LogP contribution in [0.15, 0.2) is 70.2 Å². The largest absolute Gasteiger partial charge is 0.360 e. The molecule has 1 saturated carbocycles. The van der Waals surface area contributed by atoms with Crippen LogP contribution in [-0.2, 0) is 21.4 Å². The molecule has 1 N–H and O–H groups in total. The molecule has 2 aromatic carbocycles. The maximum absolute atomic E-state index is 14.2. The first-order valence-corrected chi connectivity index (χ1v) is 15.3. The Morgan fingerprint density at radius 3 is 2.41 bits per heavy atom. The number of likely N-dealkylation sites (tertiary alicyclic amines) is 1. The highest BCUT2D eigenvalue weighted by atomic mass is 35.5. The number of halogens is 4. The Hall–Kier alpha value is -3.05. The second kappa shape index (κ2) is 9.49. The summed E-state index contributed by atoms with van der Waals surface area (Å²) in [4.78, 5) is 19.6. The second-order valence-corrected chi connectivity index (χ2v) is 14.2. The molecule has 2 aromatic rings. The second-order valence-electron chi connectivity index (χ2n) is 11.9. The number of carbonyl (C=O) groups is 1. The van der Waals surface area contributed by atoms with Crippen LogP contribution >= 0.6 is 11.6 Å². The minimum absolute atomic E-state index is 0.0491. The summed E-state index contributed by atoms with van der Waals surface area (Å²) in [5.74, 6) is -3.34. The Morgan fingerprint density at radius 2 is 1.83 bits per heavy atom. The number of hydrogen-bond acceptors (Lipinski definition) is 5. The Morgan fingerprint density at radius 1 is 1.15 bits per heavy atom. The summed E-state index contributed by atoms with van der Waals surface area (Å²) >= 11 is 5.82. The number of rotatable bonds is 7. The number of benzene rings is 2. The van der Waals surface area contributed by atoms with Crippen LogP contribution in [0.2, 0.25) is 5.02 Å². The Balaban J connectivity index is 1.20. The van der Waals surface area contributed by atoms with E-state index in [-0.39, 0.29) is 47.8 Å². The molecule has 1 amide bonds. The number of alkyl halides is 2. The molecule has 41 heavy (non-hydrogen) atoms. The first-order valence-electron chi connectivity index (χ1n) is 13.5. The van der Waals surface area contributed by atoms with Crippen molar-refractivity contribution in [1.29, 1.82) is 0 Å². The van der Waals surface area contributed by atoms with E-state index in [2.05, 4.69) is 5.32 Å². The average Bonchev–Trinajstić information content (AvgIpc) is 3.18. The molecule has 12 heteroatoms. The van der Waals surface area contributed by atoms with Crippen molar-refractivity contribution in [2.75, 3.05) is 13.1 Å². The highest BCUT2D eigenvalue weighted by Crippen LogP contribution is 2.59. The van der Waals surface area contributed by atoms with E-state index in [0.29, 0.717) is 29.9 Å². The summed E-state index contributed by atoms with van der Waals surface area (Å²) in [5.41, 5.74) is -0.940. The molecular weight excluding hydrogens is 577 g/mol. The van der Waals surface area contributed by atoms with Crippen LogP contribution < -0.4 is 5.32 Å². The molecule has 1 saturated heterocycles. The third-order valence-corrected chi connectivity index (χ3v) is 10.9. The summed E-state index contributed by atoms with van der Waals surface area (Å²) in [6.45, 7) is 3.62. The molecule has 218 valence electrons. The van der Waals surface area contributed by atoms with Crippen molar-refractivity contribution >= 4 is 33.4 Å². The number of aliphatic imine (C=N–C) groups is 1. The molecule has 6 rings (SSSR count). The molecular formula is C29H30ClF3N4O3S. The first kappa shape index (κ1) is 28.1. The topological polar surface area (TPSA) is 82.1 Å². The maximum Gasteiger partial charge on any atom is 0.264 e.